The molecule has 0 fully saturated rings. The molecule has 0 saturated heterocycles. The summed E-state index contributed by atoms with van der Waals surface area (Å²) in [6.07, 6.45) is 0.920. The largest absolute Gasteiger partial charge is 3.00 e. The second-order valence-corrected chi connectivity index (χ2v) is 2.50. The van der Waals surface area contributed by atoms with Gasteiger partial charge in [-0.05, 0) is 0 Å². The molecule has 0 radical (unpaired) electrons. The maximum absolute atomic E-state index is 8.70. The van der Waals surface area contributed by atoms with Crippen molar-refractivity contribution in [2.75, 3.05) is 0 Å². The number of benzene rings is 1. The number of nitriles is 1. The van der Waals surface area contributed by atoms with Crippen LogP contribution in [0.4, 0.5) is 0 Å². The number of hydrogen-bond donors (Lipinski definition) is 0. The first kappa shape index (κ1) is 11.8. The van der Waals surface area contributed by atoms with Crippen LogP contribution in [0.3, 0.4) is 0 Å². The van der Waals surface area contributed by atoms with E-state index in [9.17, 15) is 0 Å². The SMILES string of the molecule is CCc1c(C)c[c-]cc1C#N.[Y+3]. The molecule has 0 bridgehead atoms. The molecule has 0 aliphatic rings. The van der Waals surface area contributed by atoms with Gasteiger partial charge in [-0.1, -0.05) is 25.8 Å². The van der Waals surface area contributed by atoms with Gasteiger partial charge in [-0.3, -0.25) is 0 Å². The minimum Gasteiger partial charge on any atom is -0.208 e. The fourth-order valence-corrected chi connectivity index (χ4v) is 1.21. The molecule has 12 heavy (non-hydrogen) atoms. The first-order valence-corrected chi connectivity index (χ1v) is 3.69. The van der Waals surface area contributed by atoms with Crippen molar-refractivity contribution in [3.8, 4) is 6.07 Å². The molecule has 0 spiro atoms. The van der Waals surface area contributed by atoms with Crippen LogP contribution in [-0.2, 0) is 39.1 Å². The van der Waals surface area contributed by atoms with E-state index in [-0.39, 0.29) is 32.7 Å². The minimum atomic E-state index is 0. The van der Waals surface area contributed by atoms with Crippen LogP contribution in [0.1, 0.15) is 23.6 Å². The Bertz CT molecular complexity index is 299. The van der Waals surface area contributed by atoms with E-state index in [1.807, 2.05) is 13.0 Å². The molecule has 1 nitrogen and oxygen atoms in total. The molecular weight excluding hydrogens is 223 g/mol. The zero-order chi connectivity index (χ0) is 8.27. The molecular formula is C10H10NY+2. The van der Waals surface area contributed by atoms with E-state index in [0.29, 0.717) is 0 Å². The first-order chi connectivity index (χ1) is 5.29. The molecule has 1 rings (SSSR count). The van der Waals surface area contributed by atoms with Gasteiger partial charge in [0, 0.05) is 6.07 Å². The summed E-state index contributed by atoms with van der Waals surface area (Å²) in [6, 6.07) is 8.75. The molecule has 1 aromatic rings. The van der Waals surface area contributed by atoms with Crippen molar-refractivity contribution in [1.82, 2.24) is 0 Å². The molecule has 0 N–H and O–H groups in total. The van der Waals surface area contributed by atoms with Crippen LogP contribution in [0.25, 0.3) is 0 Å². The predicted molar refractivity (Wildman–Crippen MR) is 44.1 cm³/mol. The number of rotatable bonds is 1. The normalized spacial score (nSPS) is 8.42. The van der Waals surface area contributed by atoms with Gasteiger partial charge in [0.1, 0.15) is 0 Å². The maximum atomic E-state index is 8.70. The topological polar surface area (TPSA) is 23.8 Å². The zero-order valence-electron chi connectivity index (χ0n) is 7.39. The van der Waals surface area contributed by atoms with Crippen molar-refractivity contribution < 1.29 is 32.7 Å². The van der Waals surface area contributed by atoms with Crippen molar-refractivity contribution >= 4 is 0 Å². The maximum Gasteiger partial charge on any atom is 3.00 e. The van der Waals surface area contributed by atoms with E-state index in [1.54, 1.807) is 6.07 Å². The molecule has 0 unspecified atom stereocenters. The summed E-state index contributed by atoms with van der Waals surface area (Å²) in [5.74, 6) is 0. The Labute approximate surface area is 98.7 Å². The van der Waals surface area contributed by atoms with E-state index >= 15 is 0 Å². The van der Waals surface area contributed by atoms with Crippen LogP contribution >= 0.6 is 0 Å². The van der Waals surface area contributed by atoms with Crippen molar-refractivity contribution in [3.05, 3.63) is 34.9 Å². The van der Waals surface area contributed by atoms with Crippen LogP contribution in [-0.4, -0.2) is 0 Å². The smallest absolute Gasteiger partial charge is 0.208 e. The quantitative estimate of drug-likeness (QED) is 0.682. The molecule has 0 saturated carbocycles. The van der Waals surface area contributed by atoms with E-state index in [4.69, 9.17) is 5.26 Å². The van der Waals surface area contributed by atoms with Gasteiger partial charge in [0.05, 0.1) is 0 Å². The number of aryl methyl sites for hydroxylation is 1. The second kappa shape index (κ2) is 5.46. The van der Waals surface area contributed by atoms with Gasteiger partial charge in [0.25, 0.3) is 0 Å². The molecule has 0 amide bonds. The molecule has 0 aliphatic heterocycles. The van der Waals surface area contributed by atoms with E-state index in [1.165, 1.54) is 0 Å². The Morgan fingerprint density at radius 2 is 2.17 bits per heavy atom. The van der Waals surface area contributed by atoms with Gasteiger partial charge >= 0.3 is 32.7 Å². The third-order valence-corrected chi connectivity index (χ3v) is 1.80. The Balaban J connectivity index is 0.00000121. The van der Waals surface area contributed by atoms with Crippen LogP contribution in [0.5, 0.6) is 0 Å². The Hall–Kier alpha value is -0.186. The summed E-state index contributed by atoms with van der Waals surface area (Å²) in [5, 5.41) is 8.70. The van der Waals surface area contributed by atoms with Crippen molar-refractivity contribution in [2.45, 2.75) is 20.3 Å². The molecule has 0 atom stereocenters. The van der Waals surface area contributed by atoms with E-state index < -0.39 is 0 Å². The summed E-state index contributed by atoms with van der Waals surface area (Å²) in [4.78, 5) is 0. The summed E-state index contributed by atoms with van der Waals surface area (Å²) >= 11 is 0. The Kier molecular flexibility index (Phi) is 5.37. The molecule has 56 valence electrons. The molecule has 1 aromatic carbocycles. The van der Waals surface area contributed by atoms with Crippen molar-refractivity contribution in [3.63, 3.8) is 0 Å². The third-order valence-electron chi connectivity index (χ3n) is 1.80. The van der Waals surface area contributed by atoms with Gasteiger partial charge < -0.3 is 0 Å². The van der Waals surface area contributed by atoms with Gasteiger partial charge in [-0.25, -0.2) is 5.26 Å². The van der Waals surface area contributed by atoms with Crippen LogP contribution in [0.2, 0.25) is 0 Å². The molecule has 0 aliphatic carbocycles. The minimum absolute atomic E-state index is 0. The second-order valence-electron chi connectivity index (χ2n) is 2.50. The van der Waals surface area contributed by atoms with E-state index in [2.05, 4.69) is 19.1 Å². The average Bonchev–Trinajstić information content (AvgIpc) is 2.04. The monoisotopic (exact) mass is 233 g/mol. The first-order valence-electron chi connectivity index (χ1n) is 3.69. The zero-order valence-corrected chi connectivity index (χ0v) is 10.2. The van der Waals surface area contributed by atoms with Gasteiger partial charge in [-0.2, -0.15) is 23.8 Å². The van der Waals surface area contributed by atoms with Crippen LogP contribution in [0, 0.1) is 24.3 Å². The summed E-state index contributed by atoms with van der Waals surface area (Å²) in [7, 11) is 0. The third kappa shape index (κ3) is 2.40. The van der Waals surface area contributed by atoms with Crippen LogP contribution in [0.15, 0.2) is 12.1 Å². The van der Waals surface area contributed by atoms with Crippen molar-refractivity contribution in [2.24, 2.45) is 0 Å². The predicted octanol–water partition coefficient (Wildman–Crippen LogP) is 2.23. The van der Waals surface area contributed by atoms with Gasteiger partial charge in [0.15, 0.2) is 0 Å². The Morgan fingerprint density at radius 1 is 1.50 bits per heavy atom. The summed E-state index contributed by atoms with van der Waals surface area (Å²) in [6.45, 7) is 4.07. The molecule has 0 heterocycles. The van der Waals surface area contributed by atoms with Crippen molar-refractivity contribution in [1.29, 1.82) is 5.26 Å². The number of nitrogens with zero attached hydrogens (tertiary/aromatic N) is 1. The average molecular weight is 233 g/mol. The molecule has 2 heteroatoms. The van der Waals surface area contributed by atoms with Crippen LogP contribution < -0.4 is 0 Å². The van der Waals surface area contributed by atoms with E-state index in [0.717, 1.165) is 23.1 Å². The van der Waals surface area contributed by atoms with Gasteiger partial charge in [-0.15, -0.1) is 5.56 Å². The molecule has 0 aromatic heterocycles. The Morgan fingerprint density at radius 3 is 2.58 bits per heavy atom. The fraction of sp³-hybridized carbons (Fsp3) is 0.300. The van der Waals surface area contributed by atoms with Gasteiger partial charge in [0.2, 0.25) is 0 Å². The summed E-state index contributed by atoms with van der Waals surface area (Å²) < 4.78 is 0. The summed E-state index contributed by atoms with van der Waals surface area (Å²) in [5.41, 5.74) is 3.06. The fourth-order valence-electron chi connectivity index (χ4n) is 1.21. The standard InChI is InChI=1S/C10H10N.Y/c1-3-10-8(2)5-4-6-9(10)7-11;/h5-6H,3H2,1-2H3;/q-1;+3. The number of hydrogen-bond acceptors (Lipinski definition) is 1.